The normalized spacial score (nSPS) is 13.6. The first-order chi connectivity index (χ1) is 8.70. The molecule has 0 aromatic carbocycles. The molecule has 2 aromatic heterocycles. The van der Waals surface area contributed by atoms with Gasteiger partial charge in [0.25, 0.3) is 0 Å². The molecule has 0 atom stereocenters. The number of nitrogens with two attached hydrogens (primary N) is 1. The van der Waals surface area contributed by atoms with Gasteiger partial charge in [0.15, 0.2) is 0 Å². The Hall–Kier alpha value is -1.62. The minimum atomic E-state index is 0.325. The summed E-state index contributed by atoms with van der Waals surface area (Å²) in [6.45, 7) is 2.73. The van der Waals surface area contributed by atoms with Crippen LogP contribution in [-0.4, -0.2) is 9.97 Å². The smallest absolute Gasteiger partial charge is 0.222 e. The zero-order valence-corrected chi connectivity index (χ0v) is 11.2. The van der Waals surface area contributed by atoms with Crippen molar-refractivity contribution < 1.29 is 0 Å². The van der Waals surface area contributed by atoms with Gasteiger partial charge in [-0.2, -0.15) is 4.98 Å². The summed E-state index contributed by atoms with van der Waals surface area (Å²) >= 11 is 1.91. The highest BCUT2D eigenvalue weighted by atomic mass is 32.1. The summed E-state index contributed by atoms with van der Waals surface area (Å²) in [6, 6.07) is 4.23. The van der Waals surface area contributed by atoms with Gasteiger partial charge in [-0.05, 0) is 37.8 Å². The molecule has 1 aliphatic rings. The summed E-state index contributed by atoms with van der Waals surface area (Å²) in [7, 11) is 0. The highest BCUT2D eigenvalue weighted by Crippen LogP contribution is 2.30. The fourth-order valence-corrected chi connectivity index (χ4v) is 3.54. The molecule has 4 nitrogen and oxygen atoms in total. The second-order valence-corrected chi connectivity index (χ2v) is 5.84. The van der Waals surface area contributed by atoms with Crippen LogP contribution < -0.4 is 11.1 Å². The second-order valence-electron chi connectivity index (χ2n) is 4.62. The van der Waals surface area contributed by atoms with E-state index in [0.29, 0.717) is 5.95 Å². The van der Waals surface area contributed by atoms with Crippen molar-refractivity contribution in [2.45, 2.75) is 32.7 Å². The van der Waals surface area contributed by atoms with E-state index < -0.39 is 0 Å². The Kier molecular flexibility index (Phi) is 2.91. The van der Waals surface area contributed by atoms with E-state index in [1.807, 2.05) is 24.3 Å². The van der Waals surface area contributed by atoms with E-state index in [-0.39, 0.29) is 0 Å². The van der Waals surface area contributed by atoms with Gasteiger partial charge in [0.05, 0.1) is 6.54 Å². The number of nitrogen functional groups attached to an aromatic ring is 1. The summed E-state index contributed by atoms with van der Waals surface area (Å²) < 4.78 is 0. The third-order valence-corrected chi connectivity index (χ3v) is 4.35. The monoisotopic (exact) mass is 260 g/mol. The van der Waals surface area contributed by atoms with Crippen LogP contribution in [0.3, 0.4) is 0 Å². The third kappa shape index (κ3) is 2.31. The summed E-state index contributed by atoms with van der Waals surface area (Å²) in [4.78, 5) is 11.2. The van der Waals surface area contributed by atoms with Crippen LogP contribution in [0.25, 0.3) is 0 Å². The lowest BCUT2D eigenvalue weighted by atomic mass is 10.2. The third-order valence-electron chi connectivity index (χ3n) is 3.11. The van der Waals surface area contributed by atoms with E-state index in [0.717, 1.165) is 18.1 Å². The van der Waals surface area contributed by atoms with Crippen molar-refractivity contribution >= 4 is 23.1 Å². The van der Waals surface area contributed by atoms with Crippen LogP contribution in [-0.2, 0) is 19.4 Å². The standard InChI is InChI=1S/C13H16N4S/c1-8-5-12(17-13(14)16-8)15-7-10-6-9-3-2-4-11(9)18-10/h5-6H,2-4,7H2,1H3,(H3,14,15,16,17). The first-order valence-corrected chi connectivity index (χ1v) is 6.98. The number of hydrogen-bond donors (Lipinski definition) is 2. The van der Waals surface area contributed by atoms with Gasteiger partial charge >= 0.3 is 0 Å². The maximum absolute atomic E-state index is 5.63. The number of thiophene rings is 1. The number of aromatic nitrogens is 2. The number of nitrogens with one attached hydrogen (secondary N) is 1. The van der Waals surface area contributed by atoms with E-state index in [4.69, 9.17) is 5.73 Å². The molecule has 0 fully saturated rings. The van der Waals surface area contributed by atoms with Crippen molar-refractivity contribution in [1.29, 1.82) is 0 Å². The average Bonchev–Trinajstić information content (AvgIpc) is 2.84. The number of fused-ring (bicyclic) bond motifs is 1. The Morgan fingerprint density at radius 3 is 3.00 bits per heavy atom. The maximum atomic E-state index is 5.63. The second kappa shape index (κ2) is 4.57. The average molecular weight is 260 g/mol. The molecule has 2 heterocycles. The van der Waals surface area contributed by atoms with Gasteiger partial charge in [-0.3, -0.25) is 0 Å². The van der Waals surface area contributed by atoms with Crippen LogP contribution in [0.4, 0.5) is 11.8 Å². The molecule has 0 saturated heterocycles. The highest BCUT2D eigenvalue weighted by molar-refractivity contribution is 7.12. The minimum absolute atomic E-state index is 0.325. The van der Waals surface area contributed by atoms with Crippen molar-refractivity contribution in [1.82, 2.24) is 9.97 Å². The number of anilines is 2. The van der Waals surface area contributed by atoms with Crippen molar-refractivity contribution in [3.63, 3.8) is 0 Å². The summed E-state index contributed by atoms with van der Waals surface area (Å²) in [5.41, 5.74) is 8.05. The fraction of sp³-hybridized carbons (Fsp3) is 0.385. The molecule has 0 saturated carbocycles. The van der Waals surface area contributed by atoms with Gasteiger partial charge in [0, 0.05) is 21.5 Å². The summed E-state index contributed by atoms with van der Waals surface area (Å²) in [5, 5.41) is 3.31. The van der Waals surface area contributed by atoms with Crippen LogP contribution in [0.5, 0.6) is 0 Å². The lowest BCUT2D eigenvalue weighted by molar-refractivity contribution is 0.913. The van der Waals surface area contributed by atoms with Crippen LogP contribution in [0.1, 0.15) is 27.4 Å². The SMILES string of the molecule is Cc1cc(NCc2cc3c(s2)CCC3)nc(N)n1. The van der Waals surface area contributed by atoms with Gasteiger partial charge in [-0.1, -0.05) is 0 Å². The Balaban J connectivity index is 1.70. The molecular formula is C13H16N4S. The Labute approximate surface area is 110 Å². The molecule has 0 aliphatic heterocycles. The summed E-state index contributed by atoms with van der Waals surface area (Å²) in [5.74, 6) is 1.12. The molecular weight excluding hydrogens is 244 g/mol. The van der Waals surface area contributed by atoms with Crippen LogP contribution in [0, 0.1) is 6.92 Å². The zero-order chi connectivity index (χ0) is 12.5. The van der Waals surface area contributed by atoms with E-state index in [2.05, 4.69) is 21.4 Å². The molecule has 3 rings (SSSR count). The molecule has 1 aliphatic carbocycles. The first-order valence-electron chi connectivity index (χ1n) is 6.16. The summed E-state index contributed by atoms with van der Waals surface area (Å²) in [6.07, 6.45) is 3.81. The molecule has 3 N–H and O–H groups in total. The molecule has 0 spiro atoms. The molecule has 0 radical (unpaired) electrons. The predicted molar refractivity (Wildman–Crippen MR) is 74.9 cm³/mol. The molecule has 0 unspecified atom stereocenters. The van der Waals surface area contributed by atoms with E-state index >= 15 is 0 Å². The Morgan fingerprint density at radius 1 is 1.33 bits per heavy atom. The molecule has 0 bridgehead atoms. The van der Waals surface area contributed by atoms with Gasteiger partial charge in [-0.25, -0.2) is 4.98 Å². The lowest BCUT2D eigenvalue weighted by Gasteiger charge is -2.05. The number of aryl methyl sites for hydroxylation is 3. The molecule has 0 amide bonds. The van der Waals surface area contributed by atoms with Crippen LogP contribution in [0.15, 0.2) is 12.1 Å². The first kappa shape index (κ1) is 11.5. The van der Waals surface area contributed by atoms with Crippen LogP contribution >= 0.6 is 11.3 Å². The fourth-order valence-electron chi connectivity index (χ4n) is 2.34. The highest BCUT2D eigenvalue weighted by Gasteiger charge is 2.14. The van der Waals surface area contributed by atoms with Crippen molar-refractivity contribution in [2.24, 2.45) is 0 Å². The lowest BCUT2D eigenvalue weighted by Crippen LogP contribution is -2.04. The topological polar surface area (TPSA) is 63.8 Å². The van der Waals surface area contributed by atoms with Crippen molar-refractivity contribution in [2.75, 3.05) is 11.1 Å². The van der Waals surface area contributed by atoms with Gasteiger partial charge in [0.1, 0.15) is 5.82 Å². The molecule has 5 heteroatoms. The van der Waals surface area contributed by atoms with Crippen molar-refractivity contribution in [3.05, 3.63) is 33.1 Å². The number of rotatable bonds is 3. The minimum Gasteiger partial charge on any atom is -0.368 e. The number of hydrogen-bond acceptors (Lipinski definition) is 5. The van der Waals surface area contributed by atoms with Gasteiger partial charge in [-0.15, -0.1) is 11.3 Å². The van der Waals surface area contributed by atoms with E-state index in [1.54, 1.807) is 4.88 Å². The molecule has 94 valence electrons. The Morgan fingerprint density at radius 2 is 2.22 bits per heavy atom. The zero-order valence-electron chi connectivity index (χ0n) is 10.4. The van der Waals surface area contributed by atoms with E-state index in [1.165, 1.54) is 29.7 Å². The largest absolute Gasteiger partial charge is 0.368 e. The van der Waals surface area contributed by atoms with E-state index in [9.17, 15) is 0 Å². The predicted octanol–water partition coefficient (Wildman–Crippen LogP) is 2.53. The quantitative estimate of drug-likeness (QED) is 0.890. The molecule has 18 heavy (non-hydrogen) atoms. The van der Waals surface area contributed by atoms with Crippen molar-refractivity contribution in [3.8, 4) is 0 Å². The Bertz CT molecular complexity index is 535. The van der Waals surface area contributed by atoms with Gasteiger partial charge < -0.3 is 11.1 Å². The maximum Gasteiger partial charge on any atom is 0.222 e. The van der Waals surface area contributed by atoms with Gasteiger partial charge in [0.2, 0.25) is 5.95 Å². The van der Waals surface area contributed by atoms with Crippen LogP contribution in [0.2, 0.25) is 0 Å². The number of nitrogens with zero attached hydrogens (tertiary/aromatic N) is 2. The molecule has 2 aromatic rings.